The second-order valence-electron chi connectivity index (χ2n) is 6.58. The van der Waals surface area contributed by atoms with Gasteiger partial charge >= 0.3 is 6.03 Å². The number of carbonyl (C=O) groups is 1. The molecule has 0 saturated heterocycles. The Bertz CT molecular complexity index is 712. The number of benzene rings is 2. The summed E-state index contributed by atoms with van der Waals surface area (Å²) in [5.74, 6) is 0. The van der Waals surface area contributed by atoms with Crippen LogP contribution >= 0.6 is 0 Å². The van der Waals surface area contributed by atoms with Gasteiger partial charge in [-0.05, 0) is 41.2 Å². The van der Waals surface area contributed by atoms with Crippen molar-refractivity contribution in [2.75, 3.05) is 5.32 Å². The maximum Gasteiger partial charge on any atom is 0.323 e. The quantitative estimate of drug-likeness (QED) is 0.815. The maximum atomic E-state index is 12.1. The molecule has 3 heteroatoms. The van der Waals surface area contributed by atoms with Crippen molar-refractivity contribution < 1.29 is 4.79 Å². The first-order chi connectivity index (χ1) is 10.9. The predicted octanol–water partition coefficient (Wildman–Crippen LogP) is 5.08. The molecule has 0 aromatic heterocycles. The van der Waals surface area contributed by atoms with Crippen LogP contribution < -0.4 is 10.6 Å². The third kappa shape index (κ3) is 4.71. The van der Waals surface area contributed by atoms with E-state index in [0.29, 0.717) is 0 Å². The lowest BCUT2D eigenvalue weighted by molar-refractivity contribution is 0.255. The second kappa shape index (κ2) is 7.14. The number of anilines is 1. The van der Waals surface area contributed by atoms with Gasteiger partial charge in [-0.25, -0.2) is 4.79 Å². The lowest BCUT2D eigenvalue weighted by atomic mass is 9.86. The first kappa shape index (κ1) is 16.8. The number of carbonyl (C=O) groups excluding carboxylic acids is 1. The fraction of sp³-hybridized carbons (Fsp3) is 0.250. The minimum Gasteiger partial charge on any atom is -0.314 e. The maximum absolute atomic E-state index is 12.1. The summed E-state index contributed by atoms with van der Waals surface area (Å²) < 4.78 is 0. The van der Waals surface area contributed by atoms with Crippen molar-refractivity contribution in [2.45, 2.75) is 33.1 Å². The van der Waals surface area contributed by atoms with Gasteiger partial charge in [-0.3, -0.25) is 0 Å². The van der Waals surface area contributed by atoms with Crippen molar-refractivity contribution in [1.82, 2.24) is 5.32 Å². The Morgan fingerprint density at radius 1 is 1.00 bits per heavy atom. The summed E-state index contributed by atoms with van der Waals surface area (Å²) in [6.07, 6.45) is 3.56. The zero-order valence-electron chi connectivity index (χ0n) is 14.2. The van der Waals surface area contributed by atoms with E-state index >= 15 is 0 Å². The van der Waals surface area contributed by atoms with E-state index in [4.69, 9.17) is 0 Å². The third-order valence-corrected chi connectivity index (χ3v) is 3.65. The average molecular weight is 308 g/mol. The molecule has 0 heterocycles. The number of aryl methyl sites for hydroxylation is 1. The molecule has 2 rings (SSSR count). The molecular weight excluding hydrogens is 284 g/mol. The predicted molar refractivity (Wildman–Crippen MR) is 97.5 cm³/mol. The molecule has 0 aliphatic carbocycles. The van der Waals surface area contributed by atoms with Crippen LogP contribution in [0.2, 0.25) is 0 Å². The van der Waals surface area contributed by atoms with Crippen LogP contribution in [0.5, 0.6) is 0 Å². The van der Waals surface area contributed by atoms with Crippen LogP contribution in [0.4, 0.5) is 10.5 Å². The van der Waals surface area contributed by atoms with Crippen molar-refractivity contribution in [3.05, 3.63) is 71.4 Å². The van der Waals surface area contributed by atoms with E-state index in [-0.39, 0.29) is 11.4 Å². The normalized spacial score (nSPS) is 11.5. The fourth-order valence-electron chi connectivity index (χ4n) is 2.39. The average Bonchev–Trinajstić information content (AvgIpc) is 2.49. The van der Waals surface area contributed by atoms with Gasteiger partial charge in [-0.2, -0.15) is 0 Å². The lowest BCUT2D eigenvalue weighted by Crippen LogP contribution is -2.26. The number of hydrogen-bond acceptors (Lipinski definition) is 1. The number of hydrogen-bond donors (Lipinski definition) is 2. The fourth-order valence-corrected chi connectivity index (χ4v) is 2.39. The van der Waals surface area contributed by atoms with Crippen LogP contribution in [0.15, 0.2) is 54.7 Å². The Hall–Kier alpha value is -2.55. The summed E-state index contributed by atoms with van der Waals surface area (Å²) in [5.41, 5.74) is 4.17. The lowest BCUT2D eigenvalue weighted by Gasteiger charge is -2.22. The molecule has 0 radical (unpaired) electrons. The molecule has 2 aromatic rings. The van der Waals surface area contributed by atoms with Crippen LogP contribution in [-0.4, -0.2) is 6.03 Å². The summed E-state index contributed by atoms with van der Waals surface area (Å²) in [6.45, 7) is 8.43. The Morgan fingerprint density at radius 2 is 1.65 bits per heavy atom. The highest BCUT2D eigenvalue weighted by Gasteiger charge is 2.18. The van der Waals surface area contributed by atoms with E-state index in [9.17, 15) is 4.79 Å². The van der Waals surface area contributed by atoms with E-state index in [0.717, 1.165) is 16.8 Å². The molecule has 0 saturated carbocycles. The smallest absolute Gasteiger partial charge is 0.314 e. The summed E-state index contributed by atoms with van der Waals surface area (Å²) in [6, 6.07) is 15.7. The van der Waals surface area contributed by atoms with Crippen LogP contribution in [0.3, 0.4) is 0 Å². The molecule has 0 spiro atoms. The zero-order chi connectivity index (χ0) is 16.9. The molecule has 0 aliphatic rings. The van der Waals surface area contributed by atoms with Gasteiger partial charge in [0.25, 0.3) is 0 Å². The molecule has 0 fully saturated rings. The summed E-state index contributed by atoms with van der Waals surface area (Å²) in [4.78, 5) is 12.1. The highest BCUT2D eigenvalue weighted by molar-refractivity contribution is 5.91. The third-order valence-electron chi connectivity index (χ3n) is 3.65. The van der Waals surface area contributed by atoms with Crippen molar-refractivity contribution in [3.63, 3.8) is 0 Å². The molecule has 0 bridgehead atoms. The highest BCUT2D eigenvalue weighted by atomic mass is 16.2. The molecule has 0 aliphatic heterocycles. The molecule has 2 amide bonds. The van der Waals surface area contributed by atoms with Crippen LogP contribution in [0, 0.1) is 6.92 Å². The molecule has 2 aromatic carbocycles. The second-order valence-corrected chi connectivity index (χ2v) is 6.58. The van der Waals surface area contributed by atoms with Gasteiger partial charge in [-0.1, -0.05) is 63.2 Å². The Balaban J connectivity index is 2.03. The first-order valence-corrected chi connectivity index (χ1v) is 7.77. The standard InChI is InChI=1S/C20H24N2O/c1-15-9-5-6-10-16(15)13-14-21-19(23)22-18-12-8-7-11-17(18)20(2,3)4/h5-14H,1-4H3,(H2,21,22,23)/b14-13+. The van der Waals surface area contributed by atoms with Crippen LogP contribution in [-0.2, 0) is 5.41 Å². The van der Waals surface area contributed by atoms with Gasteiger partial charge in [0.05, 0.1) is 0 Å². The van der Waals surface area contributed by atoms with Crippen molar-refractivity contribution in [3.8, 4) is 0 Å². The number of nitrogens with one attached hydrogen (secondary N) is 2. The van der Waals surface area contributed by atoms with Crippen LogP contribution in [0.25, 0.3) is 6.08 Å². The topological polar surface area (TPSA) is 41.1 Å². The number of rotatable bonds is 3. The number of amides is 2. The molecule has 23 heavy (non-hydrogen) atoms. The SMILES string of the molecule is Cc1ccccc1/C=C/NC(=O)Nc1ccccc1C(C)(C)C. The molecule has 0 atom stereocenters. The minimum absolute atomic E-state index is 0.0269. The van der Waals surface area contributed by atoms with Crippen LogP contribution in [0.1, 0.15) is 37.5 Å². The van der Waals surface area contributed by atoms with E-state index < -0.39 is 0 Å². The van der Waals surface area contributed by atoms with Gasteiger partial charge in [-0.15, -0.1) is 0 Å². The Kier molecular flexibility index (Phi) is 5.22. The summed E-state index contributed by atoms with van der Waals surface area (Å²) in [7, 11) is 0. The minimum atomic E-state index is -0.244. The summed E-state index contributed by atoms with van der Waals surface area (Å²) in [5, 5.41) is 5.67. The summed E-state index contributed by atoms with van der Waals surface area (Å²) >= 11 is 0. The van der Waals surface area contributed by atoms with E-state index in [1.165, 1.54) is 5.56 Å². The largest absolute Gasteiger partial charge is 0.323 e. The number of para-hydroxylation sites is 1. The number of urea groups is 1. The van der Waals surface area contributed by atoms with Crippen molar-refractivity contribution >= 4 is 17.8 Å². The van der Waals surface area contributed by atoms with Gasteiger partial charge in [0.15, 0.2) is 0 Å². The molecule has 2 N–H and O–H groups in total. The van der Waals surface area contributed by atoms with Crippen molar-refractivity contribution in [1.29, 1.82) is 0 Å². The van der Waals surface area contributed by atoms with Gasteiger partial charge in [0.2, 0.25) is 0 Å². The van der Waals surface area contributed by atoms with E-state index in [1.54, 1.807) is 6.20 Å². The highest BCUT2D eigenvalue weighted by Crippen LogP contribution is 2.29. The van der Waals surface area contributed by atoms with Gasteiger partial charge in [0, 0.05) is 11.9 Å². The first-order valence-electron chi connectivity index (χ1n) is 7.77. The van der Waals surface area contributed by atoms with Gasteiger partial charge < -0.3 is 10.6 Å². The molecule has 120 valence electrons. The molecule has 3 nitrogen and oxygen atoms in total. The molecular formula is C20H24N2O. The molecule has 0 unspecified atom stereocenters. The monoisotopic (exact) mass is 308 g/mol. The van der Waals surface area contributed by atoms with E-state index in [1.807, 2.05) is 61.5 Å². The van der Waals surface area contributed by atoms with E-state index in [2.05, 4.69) is 31.4 Å². The zero-order valence-corrected chi connectivity index (χ0v) is 14.2. The Labute approximate surface area is 138 Å². The van der Waals surface area contributed by atoms with Crippen molar-refractivity contribution in [2.24, 2.45) is 0 Å². The Morgan fingerprint density at radius 3 is 2.35 bits per heavy atom. The van der Waals surface area contributed by atoms with Gasteiger partial charge in [0.1, 0.15) is 0 Å².